The number of hydrogen-bond acceptors (Lipinski definition) is 6. The van der Waals surface area contributed by atoms with E-state index in [0.717, 1.165) is 0 Å². The van der Waals surface area contributed by atoms with Gasteiger partial charge in [0.25, 0.3) is 11.6 Å². The molecule has 3 aromatic carbocycles. The number of nitrogens with zero attached hydrogens (tertiary/aromatic N) is 1. The predicted octanol–water partition coefficient (Wildman–Crippen LogP) is 5.46. The molecule has 1 heterocycles. The van der Waals surface area contributed by atoms with Crippen molar-refractivity contribution in [2.45, 2.75) is 0 Å². The van der Waals surface area contributed by atoms with Crippen molar-refractivity contribution in [3.63, 3.8) is 0 Å². The Balaban J connectivity index is 1.73. The van der Waals surface area contributed by atoms with Crippen molar-refractivity contribution in [2.24, 2.45) is 0 Å². The van der Waals surface area contributed by atoms with E-state index in [4.69, 9.17) is 4.42 Å². The van der Waals surface area contributed by atoms with E-state index in [1.807, 2.05) is 6.07 Å². The Bertz CT molecular complexity index is 1380. The third-order valence-corrected chi connectivity index (χ3v) is 5.19. The van der Waals surface area contributed by atoms with Crippen LogP contribution in [0.25, 0.3) is 11.0 Å². The highest BCUT2D eigenvalue weighted by Gasteiger charge is 2.15. The normalized spacial score (nSPS) is 10.6. The maximum Gasteiger partial charge on any atom is 0.338 e. The number of para-hydroxylation sites is 2. The molecule has 0 fully saturated rings. The zero-order valence-corrected chi connectivity index (χ0v) is 17.4. The van der Waals surface area contributed by atoms with Crippen molar-refractivity contribution in [3.8, 4) is 0 Å². The average Bonchev–Trinajstić information content (AvgIpc) is 2.75. The topological polar surface area (TPSA) is 114 Å². The number of halogens is 1. The number of non-ortho nitro benzene ring substituents is 1. The van der Waals surface area contributed by atoms with Crippen LogP contribution in [0.5, 0.6) is 0 Å². The van der Waals surface area contributed by atoms with E-state index >= 15 is 0 Å². The SMILES string of the molecule is O=C(Nc1ccccc1Nc1cc(=O)oc2ccc([N+](=O)[O-])cc12)c1ccccc1Br. The summed E-state index contributed by atoms with van der Waals surface area (Å²) in [5, 5.41) is 17.4. The van der Waals surface area contributed by atoms with Gasteiger partial charge >= 0.3 is 5.63 Å². The zero-order valence-electron chi connectivity index (χ0n) is 15.8. The molecule has 0 saturated carbocycles. The lowest BCUT2D eigenvalue weighted by Crippen LogP contribution is -2.13. The number of benzene rings is 3. The Hall–Kier alpha value is -3.98. The van der Waals surface area contributed by atoms with E-state index in [-0.39, 0.29) is 17.2 Å². The molecule has 0 unspecified atom stereocenters. The van der Waals surface area contributed by atoms with E-state index in [1.54, 1.807) is 42.5 Å². The number of carbonyl (C=O) groups is 1. The second-order valence-corrected chi connectivity index (χ2v) is 7.38. The minimum Gasteiger partial charge on any atom is -0.423 e. The van der Waals surface area contributed by atoms with Gasteiger partial charge in [0.1, 0.15) is 5.58 Å². The summed E-state index contributed by atoms with van der Waals surface area (Å²) in [6.07, 6.45) is 0. The summed E-state index contributed by atoms with van der Waals surface area (Å²) in [5.41, 5.74) is 1.20. The quantitative estimate of drug-likeness (QED) is 0.223. The van der Waals surface area contributed by atoms with E-state index in [1.165, 1.54) is 24.3 Å². The molecule has 31 heavy (non-hydrogen) atoms. The number of nitro groups is 1. The van der Waals surface area contributed by atoms with Gasteiger partial charge in [-0.1, -0.05) is 24.3 Å². The average molecular weight is 480 g/mol. The van der Waals surface area contributed by atoms with Gasteiger partial charge in [0.15, 0.2) is 0 Å². The van der Waals surface area contributed by atoms with Crippen LogP contribution >= 0.6 is 15.9 Å². The maximum atomic E-state index is 12.7. The van der Waals surface area contributed by atoms with Crippen molar-refractivity contribution in [1.82, 2.24) is 0 Å². The summed E-state index contributed by atoms with van der Waals surface area (Å²) in [6, 6.07) is 19.1. The van der Waals surface area contributed by atoms with Gasteiger partial charge in [0.2, 0.25) is 0 Å². The van der Waals surface area contributed by atoms with Crippen LogP contribution in [0.2, 0.25) is 0 Å². The van der Waals surface area contributed by atoms with Crippen molar-refractivity contribution in [1.29, 1.82) is 0 Å². The van der Waals surface area contributed by atoms with Crippen LogP contribution in [0.15, 0.2) is 86.5 Å². The highest BCUT2D eigenvalue weighted by molar-refractivity contribution is 9.10. The number of carbonyl (C=O) groups excluding carboxylic acids is 1. The Kier molecular flexibility index (Phi) is 5.50. The van der Waals surface area contributed by atoms with Crippen LogP contribution in [-0.2, 0) is 0 Å². The highest BCUT2D eigenvalue weighted by Crippen LogP contribution is 2.31. The molecule has 4 rings (SSSR count). The number of anilines is 3. The minimum absolute atomic E-state index is 0.139. The van der Waals surface area contributed by atoms with Crippen LogP contribution in [0.3, 0.4) is 0 Å². The third-order valence-electron chi connectivity index (χ3n) is 4.50. The monoisotopic (exact) mass is 479 g/mol. The largest absolute Gasteiger partial charge is 0.423 e. The molecule has 0 aliphatic rings. The summed E-state index contributed by atoms with van der Waals surface area (Å²) in [7, 11) is 0. The molecule has 0 aliphatic heterocycles. The summed E-state index contributed by atoms with van der Waals surface area (Å²) >= 11 is 3.36. The first-order chi connectivity index (χ1) is 14.9. The third kappa shape index (κ3) is 4.31. The molecule has 0 bridgehead atoms. The summed E-state index contributed by atoms with van der Waals surface area (Å²) in [4.78, 5) is 35.3. The van der Waals surface area contributed by atoms with Crippen LogP contribution in [0.1, 0.15) is 10.4 Å². The molecule has 0 aliphatic carbocycles. The van der Waals surface area contributed by atoms with Crippen LogP contribution in [0, 0.1) is 10.1 Å². The summed E-state index contributed by atoms with van der Waals surface area (Å²) in [6.45, 7) is 0. The van der Waals surface area contributed by atoms with Gasteiger partial charge in [0, 0.05) is 28.1 Å². The molecule has 8 nitrogen and oxygen atoms in total. The lowest BCUT2D eigenvalue weighted by molar-refractivity contribution is -0.384. The Labute approximate surface area is 183 Å². The van der Waals surface area contributed by atoms with Crippen molar-refractivity contribution >= 4 is 55.6 Å². The fourth-order valence-corrected chi connectivity index (χ4v) is 3.51. The number of rotatable bonds is 5. The van der Waals surface area contributed by atoms with Gasteiger partial charge in [0.05, 0.1) is 27.5 Å². The smallest absolute Gasteiger partial charge is 0.338 e. The van der Waals surface area contributed by atoms with E-state index in [2.05, 4.69) is 26.6 Å². The molecule has 2 N–H and O–H groups in total. The fourth-order valence-electron chi connectivity index (χ4n) is 3.05. The minimum atomic E-state index is -0.612. The predicted molar refractivity (Wildman–Crippen MR) is 121 cm³/mol. The first-order valence-electron chi connectivity index (χ1n) is 9.06. The summed E-state index contributed by atoms with van der Waals surface area (Å²) in [5.74, 6) is -0.324. The molecule has 154 valence electrons. The van der Waals surface area contributed by atoms with Gasteiger partial charge in [-0.2, -0.15) is 0 Å². The molecule has 1 amide bonds. The van der Waals surface area contributed by atoms with E-state index < -0.39 is 10.5 Å². The van der Waals surface area contributed by atoms with Crippen molar-refractivity contribution in [2.75, 3.05) is 10.6 Å². The number of fused-ring (bicyclic) bond motifs is 1. The van der Waals surface area contributed by atoms with Gasteiger partial charge < -0.3 is 15.1 Å². The Morgan fingerprint density at radius 3 is 2.39 bits per heavy atom. The molecule has 0 radical (unpaired) electrons. The van der Waals surface area contributed by atoms with E-state index in [0.29, 0.717) is 32.5 Å². The van der Waals surface area contributed by atoms with Crippen molar-refractivity contribution in [3.05, 3.63) is 103 Å². The molecule has 4 aromatic rings. The molecular formula is C22H14BrN3O5. The molecule has 1 aromatic heterocycles. The number of nitrogens with one attached hydrogen (secondary N) is 2. The van der Waals surface area contributed by atoms with Crippen molar-refractivity contribution < 1.29 is 14.1 Å². The van der Waals surface area contributed by atoms with Crippen LogP contribution in [-0.4, -0.2) is 10.8 Å². The number of amides is 1. The second kappa shape index (κ2) is 8.41. The lowest BCUT2D eigenvalue weighted by Gasteiger charge is -2.14. The van der Waals surface area contributed by atoms with Gasteiger partial charge in [-0.05, 0) is 46.3 Å². The molecule has 0 saturated heterocycles. The highest BCUT2D eigenvalue weighted by atomic mass is 79.9. The van der Waals surface area contributed by atoms with Gasteiger partial charge in [-0.25, -0.2) is 4.79 Å². The van der Waals surface area contributed by atoms with Gasteiger partial charge in [-0.15, -0.1) is 0 Å². The van der Waals surface area contributed by atoms with Crippen LogP contribution < -0.4 is 16.3 Å². The number of nitro benzene ring substituents is 1. The standard InChI is InChI=1S/C22H14BrN3O5/c23-16-6-2-1-5-14(16)22(28)25-18-8-4-3-7-17(18)24-19-12-21(27)31-20-10-9-13(26(29)30)11-15(19)20/h1-12,24H,(H,25,28). The second-order valence-electron chi connectivity index (χ2n) is 6.52. The van der Waals surface area contributed by atoms with Crippen LogP contribution in [0.4, 0.5) is 22.7 Å². The molecule has 0 atom stereocenters. The Morgan fingerprint density at radius 1 is 0.935 bits per heavy atom. The lowest BCUT2D eigenvalue weighted by atomic mass is 10.1. The Morgan fingerprint density at radius 2 is 1.65 bits per heavy atom. The molecule has 9 heteroatoms. The molecule has 0 spiro atoms. The van der Waals surface area contributed by atoms with Gasteiger partial charge in [-0.3, -0.25) is 14.9 Å². The fraction of sp³-hybridized carbons (Fsp3) is 0. The van der Waals surface area contributed by atoms with E-state index in [9.17, 15) is 19.7 Å². The first-order valence-corrected chi connectivity index (χ1v) is 9.86. The maximum absolute atomic E-state index is 12.7. The summed E-state index contributed by atoms with van der Waals surface area (Å²) < 4.78 is 5.80. The first kappa shape index (κ1) is 20.3. The number of hydrogen-bond donors (Lipinski definition) is 2. The molecular weight excluding hydrogens is 466 g/mol. The zero-order chi connectivity index (χ0) is 22.0.